The summed E-state index contributed by atoms with van der Waals surface area (Å²) in [5.74, 6) is 0.495. The highest BCUT2D eigenvalue weighted by Crippen LogP contribution is 2.25. The predicted octanol–water partition coefficient (Wildman–Crippen LogP) is 2.60. The number of ether oxygens (including phenoxy) is 1. The molecule has 0 spiro atoms. The summed E-state index contributed by atoms with van der Waals surface area (Å²) in [5, 5.41) is 8.24. The first-order valence-electron chi connectivity index (χ1n) is 7.23. The smallest absolute Gasteiger partial charge is 0.128 e. The summed E-state index contributed by atoms with van der Waals surface area (Å²) < 4.78 is 20.7. The topological polar surface area (TPSA) is 66.0 Å². The molecule has 0 aliphatic heterocycles. The largest absolute Gasteiger partial charge is 0.497 e. The molecule has 2 aromatic carbocycles. The summed E-state index contributed by atoms with van der Waals surface area (Å²) in [6.45, 7) is 0.555. The number of rotatable bonds is 5. The van der Waals surface area contributed by atoms with Gasteiger partial charge in [-0.2, -0.15) is 0 Å². The van der Waals surface area contributed by atoms with E-state index in [1.807, 2.05) is 24.3 Å². The molecule has 0 aliphatic carbocycles. The third-order valence-corrected chi connectivity index (χ3v) is 3.64. The van der Waals surface area contributed by atoms with Crippen molar-refractivity contribution >= 4 is 0 Å². The Morgan fingerprint density at radius 3 is 2.52 bits per heavy atom. The maximum atomic E-state index is 13.9. The number of nitrogens with zero attached hydrogens (tertiary/aromatic N) is 3. The Bertz CT molecular complexity index is 799. The van der Waals surface area contributed by atoms with E-state index in [1.165, 1.54) is 6.07 Å². The lowest BCUT2D eigenvalue weighted by Crippen LogP contribution is -2.07. The van der Waals surface area contributed by atoms with E-state index in [2.05, 4.69) is 10.3 Å². The highest BCUT2D eigenvalue weighted by molar-refractivity contribution is 5.63. The minimum Gasteiger partial charge on any atom is -0.497 e. The highest BCUT2D eigenvalue weighted by atomic mass is 19.1. The second kappa shape index (κ2) is 6.58. The molecule has 3 rings (SSSR count). The molecule has 0 fully saturated rings. The normalized spacial score (nSPS) is 10.7. The van der Waals surface area contributed by atoms with Crippen molar-refractivity contribution in [2.75, 3.05) is 7.11 Å². The van der Waals surface area contributed by atoms with Crippen molar-refractivity contribution in [3.05, 3.63) is 65.6 Å². The van der Waals surface area contributed by atoms with E-state index in [9.17, 15) is 4.39 Å². The summed E-state index contributed by atoms with van der Waals surface area (Å²) in [7, 11) is 1.62. The molecule has 0 atom stereocenters. The second-order valence-electron chi connectivity index (χ2n) is 5.07. The van der Waals surface area contributed by atoms with Gasteiger partial charge in [-0.3, -0.25) is 0 Å². The zero-order valence-electron chi connectivity index (χ0n) is 12.7. The molecule has 0 unspecified atom stereocenters. The number of nitrogens with two attached hydrogens (primary N) is 1. The van der Waals surface area contributed by atoms with Gasteiger partial charge in [-0.25, -0.2) is 9.07 Å². The van der Waals surface area contributed by atoms with Gasteiger partial charge in [-0.05, 0) is 30.3 Å². The van der Waals surface area contributed by atoms with Crippen LogP contribution in [0, 0.1) is 5.82 Å². The molecule has 0 aliphatic rings. The van der Waals surface area contributed by atoms with Gasteiger partial charge in [-0.15, -0.1) is 5.10 Å². The third kappa shape index (κ3) is 3.07. The van der Waals surface area contributed by atoms with Crippen LogP contribution >= 0.6 is 0 Å². The van der Waals surface area contributed by atoms with Crippen molar-refractivity contribution < 1.29 is 9.13 Å². The Kier molecular flexibility index (Phi) is 4.34. The molecule has 6 heteroatoms. The van der Waals surface area contributed by atoms with Crippen LogP contribution in [-0.4, -0.2) is 22.1 Å². The van der Waals surface area contributed by atoms with Gasteiger partial charge in [0.05, 0.1) is 19.3 Å². The maximum Gasteiger partial charge on any atom is 0.128 e. The minimum atomic E-state index is -0.266. The van der Waals surface area contributed by atoms with Crippen LogP contribution in [0.1, 0.15) is 11.3 Å². The Balaban J connectivity index is 2.01. The summed E-state index contributed by atoms with van der Waals surface area (Å²) in [6, 6.07) is 14.2. The van der Waals surface area contributed by atoms with E-state index in [0.29, 0.717) is 17.8 Å². The summed E-state index contributed by atoms with van der Waals surface area (Å²) in [5.41, 5.74) is 8.69. The Morgan fingerprint density at radius 1 is 1.13 bits per heavy atom. The van der Waals surface area contributed by atoms with Crippen LogP contribution in [0.4, 0.5) is 4.39 Å². The number of aromatic nitrogens is 3. The third-order valence-electron chi connectivity index (χ3n) is 3.64. The van der Waals surface area contributed by atoms with Crippen molar-refractivity contribution in [2.24, 2.45) is 5.73 Å². The lowest BCUT2D eigenvalue weighted by Gasteiger charge is -2.09. The molecule has 3 aromatic rings. The van der Waals surface area contributed by atoms with Gasteiger partial charge < -0.3 is 10.5 Å². The van der Waals surface area contributed by atoms with Crippen LogP contribution < -0.4 is 10.5 Å². The molecule has 0 bridgehead atoms. The first kappa shape index (κ1) is 15.2. The molecule has 0 saturated heterocycles. The fourth-order valence-corrected chi connectivity index (χ4v) is 2.45. The molecule has 1 aromatic heterocycles. The lowest BCUT2D eigenvalue weighted by atomic mass is 10.1. The minimum absolute atomic E-state index is 0.263. The van der Waals surface area contributed by atoms with E-state index < -0.39 is 0 Å². The zero-order valence-corrected chi connectivity index (χ0v) is 12.7. The van der Waals surface area contributed by atoms with Crippen LogP contribution in [-0.2, 0) is 13.1 Å². The van der Waals surface area contributed by atoms with Crippen molar-refractivity contribution in [1.82, 2.24) is 15.0 Å². The van der Waals surface area contributed by atoms with Crippen LogP contribution in [0.5, 0.6) is 5.75 Å². The highest BCUT2D eigenvalue weighted by Gasteiger charge is 2.15. The molecule has 0 radical (unpaired) electrons. The first-order valence-corrected chi connectivity index (χ1v) is 7.23. The Morgan fingerprint density at radius 2 is 1.87 bits per heavy atom. The lowest BCUT2D eigenvalue weighted by molar-refractivity contribution is 0.415. The van der Waals surface area contributed by atoms with Gasteiger partial charge in [0.2, 0.25) is 0 Å². The van der Waals surface area contributed by atoms with Crippen LogP contribution in [0.15, 0.2) is 48.5 Å². The van der Waals surface area contributed by atoms with Crippen molar-refractivity contribution in [3.63, 3.8) is 0 Å². The molecule has 0 amide bonds. The van der Waals surface area contributed by atoms with Gasteiger partial charge in [0.25, 0.3) is 0 Å². The number of methoxy groups -OCH3 is 1. The average molecular weight is 312 g/mol. The summed E-state index contributed by atoms with van der Waals surface area (Å²) in [6.07, 6.45) is 0. The quantitative estimate of drug-likeness (QED) is 0.786. The maximum absolute atomic E-state index is 13.9. The first-order chi connectivity index (χ1) is 11.2. The van der Waals surface area contributed by atoms with E-state index in [1.54, 1.807) is 30.0 Å². The van der Waals surface area contributed by atoms with Gasteiger partial charge in [0.1, 0.15) is 17.3 Å². The van der Waals surface area contributed by atoms with Gasteiger partial charge in [0.15, 0.2) is 0 Å². The molecule has 5 nitrogen and oxygen atoms in total. The Labute approximate surface area is 133 Å². The number of benzene rings is 2. The monoisotopic (exact) mass is 312 g/mol. The number of hydrogen-bond donors (Lipinski definition) is 1. The molecular weight excluding hydrogens is 295 g/mol. The standard InChI is InChI=1S/C17H17FN4O/c1-23-14-8-6-12(7-9-14)17-16(10-19)20-21-22(17)11-13-4-2-3-5-15(13)18/h2-9H,10-11,19H2,1H3. The zero-order chi connectivity index (χ0) is 16.2. The Hall–Kier alpha value is -2.73. The van der Waals surface area contributed by atoms with Gasteiger partial charge in [0, 0.05) is 17.7 Å². The van der Waals surface area contributed by atoms with E-state index in [0.717, 1.165) is 17.0 Å². The van der Waals surface area contributed by atoms with Crippen molar-refractivity contribution in [3.8, 4) is 17.0 Å². The fourth-order valence-electron chi connectivity index (χ4n) is 2.45. The average Bonchev–Trinajstić information content (AvgIpc) is 3.00. The summed E-state index contributed by atoms with van der Waals surface area (Å²) >= 11 is 0. The molecule has 2 N–H and O–H groups in total. The number of hydrogen-bond acceptors (Lipinski definition) is 4. The fraction of sp³-hybridized carbons (Fsp3) is 0.176. The molecule has 23 heavy (non-hydrogen) atoms. The molecule has 0 saturated carbocycles. The van der Waals surface area contributed by atoms with Gasteiger partial charge in [-0.1, -0.05) is 23.4 Å². The molecular formula is C17H17FN4O. The van der Waals surface area contributed by atoms with E-state index in [-0.39, 0.29) is 12.4 Å². The predicted molar refractivity (Wildman–Crippen MR) is 85.4 cm³/mol. The number of halogens is 1. The van der Waals surface area contributed by atoms with Crippen LogP contribution in [0.2, 0.25) is 0 Å². The SMILES string of the molecule is COc1ccc(-c2c(CN)nnn2Cc2ccccc2F)cc1. The summed E-state index contributed by atoms with van der Waals surface area (Å²) in [4.78, 5) is 0. The molecule has 118 valence electrons. The second-order valence-corrected chi connectivity index (χ2v) is 5.07. The molecule has 1 heterocycles. The van der Waals surface area contributed by atoms with E-state index >= 15 is 0 Å². The van der Waals surface area contributed by atoms with Crippen molar-refractivity contribution in [2.45, 2.75) is 13.1 Å². The van der Waals surface area contributed by atoms with Crippen LogP contribution in [0.25, 0.3) is 11.3 Å². The van der Waals surface area contributed by atoms with Gasteiger partial charge >= 0.3 is 0 Å². The van der Waals surface area contributed by atoms with E-state index in [4.69, 9.17) is 10.5 Å². The van der Waals surface area contributed by atoms with Crippen LogP contribution in [0.3, 0.4) is 0 Å². The van der Waals surface area contributed by atoms with Crippen molar-refractivity contribution in [1.29, 1.82) is 0 Å².